The van der Waals surface area contributed by atoms with E-state index in [1.165, 1.54) is 24.0 Å². The first-order valence-corrected chi connectivity index (χ1v) is 6.82. The van der Waals surface area contributed by atoms with Crippen LogP contribution in [0.15, 0.2) is 12.3 Å². The van der Waals surface area contributed by atoms with Gasteiger partial charge in [-0.3, -0.25) is 14.7 Å². The molecule has 3 rings (SSSR count). The van der Waals surface area contributed by atoms with Gasteiger partial charge in [0.15, 0.2) is 0 Å². The lowest BCUT2D eigenvalue weighted by molar-refractivity contribution is 0.0995. The van der Waals surface area contributed by atoms with Crippen molar-refractivity contribution in [2.75, 3.05) is 13.1 Å². The van der Waals surface area contributed by atoms with E-state index in [-0.39, 0.29) is 6.10 Å². The van der Waals surface area contributed by atoms with E-state index in [9.17, 15) is 9.90 Å². The maximum absolute atomic E-state index is 11.2. The Morgan fingerprint density at radius 2 is 2.26 bits per heavy atom. The smallest absolute Gasteiger partial charge is 0.267 e. The minimum atomic E-state index is -0.468. The van der Waals surface area contributed by atoms with Gasteiger partial charge in [-0.15, -0.1) is 0 Å². The Kier molecular flexibility index (Phi) is 3.24. The van der Waals surface area contributed by atoms with Crippen LogP contribution in [0.5, 0.6) is 0 Å². The number of hydrogen-bond donors (Lipinski definition) is 2. The van der Waals surface area contributed by atoms with Gasteiger partial charge in [-0.25, -0.2) is 0 Å². The molecule has 2 aliphatic rings. The van der Waals surface area contributed by atoms with Crippen molar-refractivity contribution >= 4 is 5.91 Å². The van der Waals surface area contributed by atoms with Crippen LogP contribution < -0.4 is 5.73 Å². The van der Waals surface area contributed by atoms with E-state index in [2.05, 4.69) is 9.88 Å². The summed E-state index contributed by atoms with van der Waals surface area (Å²) >= 11 is 0. The van der Waals surface area contributed by atoms with Gasteiger partial charge in [0.1, 0.15) is 5.69 Å². The number of nitrogens with two attached hydrogens (primary N) is 1. The number of carbonyl (C=O) groups excluding carboxylic acids is 1. The van der Waals surface area contributed by atoms with Crippen molar-refractivity contribution in [2.45, 2.75) is 37.8 Å². The first-order chi connectivity index (χ1) is 9.13. The van der Waals surface area contributed by atoms with Crippen LogP contribution in [0, 0.1) is 0 Å². The number of rotatable bonds is 4. The number of aromatic nitrogens is 1. The summed E-state index contributed by atoms with van der Waals surface area (Å²) in [6.45, 7) is 2.44. The average Bonchev–Trinajstić information content (AvgIpc) is 3.14. The first-order valence-electron chi connectivity index (χ1n) is 6.82. The number of hydrogen-bond acceptors (Lipinski definition) is 4. The fourth-order valence-corrected chi connectivity index (χ4v) is 2.74. The van der Waals surface area contributed by atoms with Gasteiger partial charge < -0.3 is 10.8 Å². The average molecular weight is 261 g/mol. The van der Waals surface area contributed by atoms with E-state index in [4.69, 9.17) is 5.73 Å². The lowest BCUT2D eigenvalue weighted by atomic mass is 10.0. The van der Waals surface area contributed by atoms with Crippen LogP contribution >= 0.6 is 0 Å². The molecular weight excluding hydrogens is 242 g/mol. The molecule has 1 aromatic heterocycles. The van der Waals surface area contributed by atoms with Crippen molar-refractivity contribution in [3.63, 3.8) is 0 Å². The van der Waals surface area contributed by atoms with Gasteiger partial charge in [-0.2, -0.15) is 0 Å². The Balaban J connectivity index is 1.81. The van der Waals surface area contributed by atoms with E-state index in [1.807, 2.05) is 6.07 Å². The van der Waals surface area contributed by atoms with Crippen LogP contribution in [0.4, 0.5) is 0 Å². The summed E-state index contributed by atoms with van der Waals surface area (Å²) in [6.07, 6.45) is 4.77. The third-order valence-electron chi connectivity index (χ3n) is 3.93. The maximum Gasteiger partial charge on any atom is 0.267 e. The van der Waals surface area contributed by atoms with Gasteiger partial charge in [-0.05, 0) is 42.4 Å². The second-order valence-corrected chi connectivity index (χ2v) is 5.58. The number of pyridine rings is 1. The number of aliphatic hydroxyl groups is 1. The fourth-order valence-electron chi connectivity index (χ4n) is 2.74. The van der Waals surface area contributed by atoms with Crippen molar-refractivity contribution in [1.29, 1.82) is 0 Å². The second-order valence-electron chi connectivity index (χ2n) is 5.58. The number of amides is 1. The number of nitrogens with zero attached hydrogens (tertiary/aromatic N) is 2. The van der Waals surface area contributed by atoms with Crippen LogP contribution in [-0.2, 0) is 6.54 Å². The highest BCUT2D eigenvalue weighted by atomic mass is 16.3. The number of likely N-dealkylation sites (tertiary alicyclic amines) is 1. The van der Waals surface area contributed by atoms with Crippen LogP contribution in [0.1, 0.15) is 46.8 Å². The Hall–Kier alpha value is -1.46. The zero-order valence-corrected chi connectivity index (χ0v) is 10.9. The summed E-state index contributed by atoms with van der Waals surface area (Å²) < 4.78 is 0. The molecule has 0 radical (unpaired) electrons. The Morgan fingerprint density at radius 3 is 2.84 bits per heavy atom. The molecule has 2 fully saturated rings. The van der Waals surface area contributed by atoms with Crippen molar-refractivity contribution < 1.29 is 9.90 Å². The van der Waals surface area contributed by atoms with E-state index in [1.54, 1.807) is 6.20 Å². The lowest BCUT2D eigenvalue weighted by Gasteiger charge is -2.17. The SMILES string of the molecule is NC(=O)c1cc(C2CC2)c(CN2CC[C@@H](O)C2)cn1. The summed E-state index contributed by atoms with van der Waals surface area (Å²) in [4.78, 5) is 17.6. The molecule has 0 unspecified atom stereocenters. The van der Waals surface area contributed by atoms with Gasteiger partial charge in [0.2, 0.25) is 0 Å². The van der Waals surface area contributed by atoms with E-state index < -0.39 is 5.91 Å². The Morgan fingerprint density at radius 1 is 1.47 bits per heavy atom. The number of β-amino-alcohol motifs (C(OH)–C–C–N with tert-alkyl or cyclic N) is 1. The van der Waals surface area contributed by atoms with Crippen molar-refractivity contribution in [2.24, 2.45) is 5.73 Å². The fraction of sp³-hybridized carbons (Fsp3) is 0.571. The van der Waals surface area contributed by atoms with Crippen LogP contribution in [0.2, 0.25) is 0 Å². The molecule has 1 amide bonds. The largest absolute Gasteiger partial charge is 0.392 e. The zero-order valence-electron chi connectivity index (χ0n) is 10.9. The topological polar surface area (TPSA) is 79.5 Å². The van der Waals surface area contributed by atoms with E-state index >= 15 is 0 Å². The minimum Gasteiger partial charge on any atom is -0.392 e. The van der Waals surface area contributed by atoms with Crippen molar-refractivity contribution in [1.82, 2.24) is 9.88 Å². The third-order valence-corrected chi connectivity index (χ3v) is 3.93. The standard InChI is InChI=1S/C14H19N3O2/c15-14(19)13-5-12(9-1-2-9)10(6-16-13)7-17-4-3-11(18)8-17/h5-6,9,11,18H,1-4,7-8H2,(H2,15,19)/t11-/m1/s1. The highest BCUT2D eigenvalue weighted by Gasteiger charge is 2.28. The summed E-state index contributed by atoms with van der Waals surface area (Å²) in [5.41, 5.74) is 8.03. The van der Waals surface area contributed by atoms with Gasteiger partial charge in [0, 0.05) is 25.8 Å². The van der Waals surface area contributed by atoms with Gasteiger partial charge in [0.05, 0.1) is 6.10 Å². The molecule has 102 valence electrons. The van der Waals surface area contributed by atoms with E-state index in [0.29, 0.717) is 11.6 Å². The van der Waals surface area contributed by atoms with Crippen LogP contribution in [-0.4, -0.2) is 40.1 Å². The minimum absolute atomic E-state index is 0.206. The molecule has 19 heavy (non-hydrogen) atoms. The van der Waals surface area contributed by atoms with Crippen LogP contribution in [0.3, 0.4) is 0 Å². The molecule has 1 saturated carbocycles. The molecule has 0 bridgehead atoms. The number of primary amides is 1. The van der Waals surface area contributed by atoms with Gasteiger partial charge in [-0.1, -0.05) is 0 Å². The van der Waals surface area contributed by atoms with Crippen molar-refractivity contribution in [3.8, 4) is 0 Å². The lowest BCUT2D eigenvalue weighted by Crippen LogP contribution is -2.23. The molecule has 0 aromatic carbocycles. The van der Waals surface area contributed by atoms with Crippen molar-refractivity contribution in [3.05, 3.63) is 29.1 Å². The molecular formula is C14H19N3O2. The number of aliphatic hydroxyl groups excluding tert-OH is 1. The molecule has 0 spiro atoms. The Bertz CT molecular complexity index is 499. The Labute approximate surface area is 112 Å². The molecule has 1 aliphatic carbocycles. The molecule has 2 heterocycles. The summed E-state index contributed by atoms with van der Waals surface area (Å²) in [6, 6.07) is 1.85. The molecule has 1 aromatic rings. The van der Waals surface area contributed by atoms with Gasteiger partial charge >= 0.3 is 0 Å². The molecule has 1 atom stereocenters. The molecule has 5 nitrogen and oxygen atoms in total. The highest BCUT2D eigenvalue weighted by molar-refractivity contribution is 5.91. The quantitative estimate of drug-likeness (QED) is 0.833. The zero-order chi connectivity index (χ0) is 13.4. The highest BCUT2D eigenvalue weighted by Crippen LogP contribution is 2.42. The second kappa shape index (κ2) is 4.90. The maximum atomic E-state index is 11.2. The normalized spacial score (nSPS) is 23.7. The summed E-state index contributed by atoms with van der Waals surface area (Å²) in [7, 11) is 0. The first kappa shape index (κ1) is 12.6. The molecule has 3 N–H and O–H groups in total. The van der Waals surface area contributed by atoms with Gasteiger partial charge in [0.25, 0.3) is 5.91 Å². The molecule has 5 heteroatoms. The third kappa shape index (κ3) is 2.77. The molecule has 1 aliphatic heterocycles. The predicted molar refractivity (Wildman–Crippen MR) is 70.6 cm³/mol. The molecule has 1 saturated heterocycles. The summed E-state index contributed by atoms with van der Waals surface area (Å²) in [5, 5.41) is 9.57. The predicted octanol–water partition coefficient (Wildman–Crippen LogP) is 0.624. The van der Waals surface area contributed by atoms with E-state index in [0.717, 1.165) is 26.1 Å². The van der Waals surface area contributed by atoms with Crippen LogP contribution in [0.25, 0.3) is 0 Å². The number of carbonyl (C=O) groups is 1. The summed E-state index contributed by atoms with van der Waals surface area (Å²) in [5.74, 6) is 0.0914. The monoisotopic (exact) mass is 261 g/mol.